The van der Waals surface area contributed by atoms with Gasteiger partial charge in [-0.1, -0.05) is 6.92 Å². The standard InChI is InChI=1S/C14H24N4OS/c1-4-12(9-18-7-5-6-8-18)16-13(19)17-14-15-10(2)11(3)20-14/h12H,4-9H2,1-3H3,(H2,15,16,17,19)/t12-/m1/s1. The van der Waals surface area contributed by atoms with Gasteiger partial charge in [0.05, 0.1) is 5.69 Å². The maximum atomic E-state index is 12.0. The second kappa shape index (κ2) is 7.04. The summed E-state index contributed by atoms with van der Waals surface area (Å²) in [5.74, 6) is 0. The molecule has 0 bridgehead atoms. The fourth-order valence-electron chi connectivity index (χ4n) is 2.40. The van der Waals surface area contributed by atoms with Crippen molar-refractivity contribution in [3.8, 4) is 0 Å². The van der Waals surface area contributed by atoms with Crippen LogP contribution in [-0.2, 0) is 0 Å². The summed E-state index contributed by atoms with van der Waals surface area (Å²) in [5.41, 5.74) is 0.981. The highest BCUT2D eigenvalue weighted by Gasteiger charge is 2.18. The number of aryl methyl sites for hydroxylation is 2. The highest BCUT2D eigenvalue weighted by atomic mass is 32.1. The van der Waals surface area contributed by atoms with E-state index in [1.807, 2.05) is 13.8 Å². The second-order valence-corrected chi connectivity index (χ2v) is 6.58. The Morgan fingerprint density at radius 2 is 2.10 bits per heavy atom. The molecule has 1 aliphatic rings. The quantitative estimate of drug-likeness (QED) is 0.878. The van der Waals surface area contributed by atoms with Crippen molar-refractivity contribution in [1.29, 1.82) is 0 Å². The van der Waals surface area contributed by atoms with E-state index in [9.17, 15) is 4.79 Å². The number of anilines is 1. The molecule has 0 unspecified atom stereocenters. The van der Waals surface area contributed by atoms with Gasteiger partial charge >= 0.3 is 6.03 Å². The molecule has 1 aromatic rings. The van der Waals surface area contributed by atoms with E-state index < -0.39 is 0 Å². The zero-order valence-electron chi connectivity index (χ0n) is 12.5. The molecule has 0 saturated carbocycles. The molecule has 2 amide bonds. The van der Waals surface area contributed by atoms with E-state index in [1.54, 1.807) is 0 Å². The molecule has 20 heavy (non-hydrogen) atoms. The van der Waals surface area contributed by atoms with Crippen LogP contribution in [0.25, 0.3) is 0 Å². The normalized spacial score (nSPS) is 17.1. The van der Waals surface area contributed by atoms with Crippen LogP contribution in [0.1, 0.15) is 36.8 Å². The van der Waals surface area contributed by atoms with Crippen molar-refractivity contribution < 1.29 is 4.79 Å². The van der Waals surface area contributed by atoms with Crippen molar-refractivity contribution >= 4 is 22.5 Å². The molecule has 2 rings (SSSR count). The van der Waals surface area contributed by atoms with E-state index in [0.29, 0.717) is 5.13 Å². The maximum Gasteiger partial charge on any atom is 0.321 e. The van der Waals surface area contributed by atoms with Gasteiger partial charge in [0.15, 0.2) is 5.13 Å². The van der Waals surface area contributed by atoms with Crippen LogP contribution in [0.4, 0.5) is 9.93 Å². The van der Waals surface area contributed by atoms with E-state index >= 15 is 0 Å². The van der Waals surface area contributed by atoms with E-state index in [0.717, 1.165) is 36.6 Å². The lowest BCUT2D eigenvalue weighted by Gasteiger charge is -2.23. The smallest absolute Gasteiger partial charge is 0.321 e. The summed E-state index contributed by atoms with van der Waals surface area (Å²) in [4.78, 5) is 19.9. The minimum atomic E-state index is -0.148. The number of urea groups is 1. The van der Waals surface area contributed by atoms with Gasteiger partial charge in [0.25, 0.3) is 0 Å². The number of carbonyl (C=O) groups is 1. The highest BCUT2D eigenvalue weighted by molar-refractivity contribution is 7.15. The minimum Gasteiger partial charge on any atom is -0.334 e. The predicted octanol–water partition coefficient (Wildman–Crippen LogP) is 2.76. The van der Waals surface area contributed by atoms with Crippen LogP contribution in [0.2, 0.25) is 0 Å². The first-order valence-corrected chi connectivity index (χ1v) is 8.14. The van der Waals surface area contributed by atoms with Crippen molar-refractivity contribution in [1.82, 2.24) is 15.2 Å². The third-order valence-corrected chi connectivity index (χ3v) is 4.74. The van der Waals surface area contributed by atoms with Crippen molar-refractivity contribution in [2.45, 2.75) is 46.1 Å². The summed E-state index contributed by atoms with van der Waals surface area (Å²) in [6.45, 7) is 9.34. The van der Waals surface area contributed by atoms with Gasteiger partial charge in [-0.05, 0) is 46.2 Å². The van der Waals surface area contributed by atoms with Gasteiger partial charge in [-0.15, -0.1) is 11.3 Å². The molecular formula is C14H24N4OS. The molecule has 2 N–H and O–H groups in total. The van der Waals surface area contributed by atoms with Gasteiger partial charge in [0.2, 0.25) is 0 Å². The number of hydrogen-bond acceptors (Lipinski definition) is 4. The van der Waals surface area contributed by atoms with Crippen LogP contribution in [-0.4, -0.2) is 41.6 Å². The van der Waals surface area contributed by atoms with Crippen LogP contribution in [0, 0.1) is 13.8 Å². The predicted molar refractivity (Wildman–Crippen MR) is 83.5 cm³/mol. The fourth-order valence-corrected chi connectivity index (χ4v) is 3.21. The average molecular weight is 296 g/mol. The summed E-state index contributed by atoms with van der Waals surface area (Å²) in [5, 5.41) is 6.55. The Hall–Kier alpha value is -1.14. The first-order valence-electron chi connectivity index (χ1n) is 7.32. The van der Waals surface area contributed by atoms with Crippen LogP contribution >= 0.6 is 11.3 Å². The first kappa shape index (κ1) is 15.3. The number of rotatable bonds is 5. The topological polar surface area (TPSA) is 57.3 Å². The summed E-state index contributed by atoms with van der Waals surface area (Å²) in [6.07, 6.45) is 3.50. The molecule has 0 spiro atoms. The second-order valence-electron chi connectivity index (χ2n) is 5.37. The Bertz CT molecular complexity index is 435. The third-order valence-electron chi connectivity index (χ3n) is 3.75. The van der Waals surface area contributed by atoms with Gasteiger partial charge < -0.3 is 10.2 Å². The lowest BCUT2D eigenvalue weighted by molar-refractivity contribution is 0.239. The summed E-state index contributed by atoms with van der Waals surface area (Å²) in [6, 6.07) is 0.0556. The number of thiazole rings is 1. The fraction of sp³-hybridized carbons (Fsp3) is 0.714. The lowest BCUT2D eigenvalue weighted by atomic mass is 10.2. The largest absolute Gasteiger partial charge is 0.334 e. The van der Waals surface area contributed by atoms with Crippen LogP contribution in [0.15, 0.2) is 0 Å². The zero-order valence-corrected chi connectivity index (χ0v) is 13.3. The molecule has 1 aromatic heterocycles. The van der Waals surface area contributed by atoms with E-state index in [2.05, 4.69) is 27.4 Å². The Morgan fingerprint density at radius 3 is 2.65 bits per heavy atom. The SMILES string of the molecule is CC[C@H](CN1CCCC1)NC(=O)Nc1nc(C)c(C)s1. The van der Waals surface area contributed by atoms with Crippen LogP contribution in [0.3, 0.4) is 0 Å². The Balaban J connectivity index is 1.82. The van der Waals surface area contributed by atoms with E-state index in [4.69, 9.17) is 0 Å². The first-order chi connectivity index (χ1) is 9.58. The van der Waals surface area contributed by atoms with Crippen molar-refractivity contribution in [2.24, 2.45) is 0 Å². The molecule has 0 aliphatic carbocycles. The number of aromatic nitrogens is 1. The molecule has 1 fully saturated rings. The molecule has 1 atom stereocenters. The highest BCUT2D eigenvalue weighted by Crippen LogP contribution is 2.20. The number of likely N-dealkylation sites (tertiary alicyclic amines) is 1. The summed E-state index contributed by atoms with van der Waals surface area (Å²) < 4.78 is 0. The monoisotopic (exact) mass is 296 g/mol. The van der Waals surface area contributed by atoms with Gasteiger partial charge in [0.1, 0.15) is 0 Å². The molecule has 2 heterocycles. The average Bonchev–Trinajstić information content (AvgIpc) is 2.99. The van der Waals surface area contributed by atoms with Crippen LogP contribution in [0.5, 0.6) is 0 Å². The molecular weight excluding hydrogens is 272 g/mol. The summed E-state index contributed by atoms with van der Waals surface area (Å²) in [7, 11) is 0. The molecule has 112 valence electrons. The maximum absolute atomic E-state index is 12.0. The third kappa shape index (κ3) is 4.18. The Kier molecular flexibility index (Phi) is 5.37. The lowest BCUT2D eigenvalue weighted by Crippen LogP contribution is -2.44. The Morgan fingerprint density at radius 1 is 1.40 bits per heavy atom. The molecule has 0 radical (unpaired) electrons. The van der Waals surface area contributed by atoms with Crippen molar-refractivity contribution in [3.05, 3.63) is 10.6 Å². The van der Waals surface area contributed by atoms with Crippen molar-refractivity contribution in [3.63, 3.8) is 0 Å². The zero-order chi connectivity index (χ0) is 14.5. The molecule has 0 aromatic carbocycles. The molecule has 1 saturated heterocycles. The number of amides is 2. The number of hydrogen-bond donors (Lipinski definition) is 2. The van der Waals surface area contributed by atoms with Gasteiger partial charge in [-0.3, -0.25) is 5.32 Å². The molecule has 5 nitrogen and oxygen atoms in total. The van der Waals surface area contributed by atoms with Gasteiger partial charge in [0, 0.05) is 17.5 Å². The van der Waals surface area contributed by atoms with Crippen molar-refractivity contribution in [2.75, 3.05) is 25.0 Å². The van der Waals surface area contributed by atoms with E-state index in [-0.39, 0.29) is 12.1 Å². The van der Waals surface area contributed by atoms with Gasteiger partial charge in [-0.25, -0.2) is 9.78 Å². The van der Waals surface area contributed by atoms with E-state index in [1.165, 1.54) is 24.2 Å². The number of nitrogens with zero attached hydrogens (tertiary/aromatic N) is 2. The summed E-state index contributed by atoms with van der Waals surface area (Å²) >= 11 is 1.52. The van der Waals surface area contributed by atoms with Gasteiger partial charge in [-0.2, -0.15) is 0 Å². The molecule has 6 heteroatoms. The number of carbonyl (C=O) groups excluding carboxylic acids is 1. The minimum absolute atomic E-state index is 0.148. The van der Waals surface area contributed by atoms with Crippen LogP contribution < -0.4 is 10.6 Å². The number of nitrogens with one attached hydrogen (secondary N) is 2. The molecule has 1 aliphatic heterocycles. The Labute approximate surface area is 124 Å².